The molecule has 0 heterocycles. The lowest BCUT2D eigenvalue weighted by molar-refractivity contribution is 0.103. The predicted molar refractivity (Wildman–Crippen MR) is 73.4 cm³/mol. The number of carbonyl (C=O) groups excluding carboxylic acids is 1. The third kappa shape index (κ3) is 2.67. The lowest BCUT2D eigenvalue weighted by Gasteiger charge is -2.06. The van der Waals surface area contributed by atoms with Crippen LogP contribution in [0.3, 0.4) is 0 Å². The standard InChI is InChI=1S/C15H12BrFO/c1-9-5-10(2)7-11(6-9)15(18)13-4-3-12(17)8-14(13)16/h3-8H,1-2H3. The van der Waals surface area contributed by atoms with E-state index in [1.165, 1.54) is 18.2 Å². The fourth-order valence-corrected chi connectivity index (χ4v) is 2.47. The van der Waals surface area contributed by atoms with Crippen LogP contribution in [0, 0.1) is 19.7 Å². The molecule has 0 saturated heterocycles. The molecule has 0 aromatic heterocycles. The van der Waals surface area contributed by atoms with Gasteiger partial charge in [-0.15, -0.1) is 0 Å². The van der Waals surface area contributed by atoms with Crippen molar-refractivity contribution in [3.63, 3.8) is 0 Å². The summed E-state index contributed by atoms with van der Waals surface area (Å²) in [4.78, 5) is 12.3. The van der Waals surface area contributed by atoms with Crippen LogP contribution in [-0.4, -0.2) is 5.78 Å². The second kappa shape index (κ2) is 5.02. The molecule has 0 atom stereocenters. The van der Waals surface area contributed by atoms with Gasteiger partial charge in [-0.05, 0) is 60.1 Å². The van der Waals surface area contributed by atoms with Crippen molar-refractivity contribution in [3.8, 4) is 0 Å². The summed E-state index contributed by atoms with van der Waals surface area (Å²) in [5.41, 5.74) is 3.18. The number of benzene rings is 2. The van der Waals surface area contributed by atoms with Crippen LogP contribution in [0.1, 0.15) is 27.0 Å². The van der Waals surface area contributed by atoms with Gasteiger partial charge in [0.05, 0.1) is 0 Å². The van der Waals surface area contributed by atoms with Crippen LogP contribution in [0.5, 0.6) is 0 Å². The molecule has 0 unspecified atom stereocenters. The average molecular weight is 307 g/mol. The molecule has 0 N–H and O–H groups in total. The van der Waals surface area contributed by atoms with Crippen molar-refractivity contribution in [1.29, 1.82) is 0 Å². The fraction of sp³-hybridized carbons (Fsp3) is 0.133. The van der Waals surface area contributed by atoms with Crippen LogP contribution in [0.25, 0.3) is 0 Å². The van der Waals surface area contributed by atoms with Crippen LogP contribution in [0.2, 0.25) is 0 Å². The number of hydrogen-bond acceptors (Lipinski definition) is 1. The number of ketones is 1. The first-order valence-electron chi connectivity index (χ1n) is 5.55. The Morgan fingerprint density at radius 2 is 1.67 bits per heavy atom. The van der Waals surface area contributed by atoms with Crippen LogP contribution in [0.15, 0.2) is 40.9 Å². The maximum atomic E-state index is 13.0. The van der Waals surface area contributed by atoms with Crippen molar-refractivity contribution in [2.24, 2.45) is 0 Å². The van der Waals surface area contributed by atoms with E-state index >= 15 is 0 Å². The van der Waals surface area contributed by atoms with Gasteiger partial charge >= 0.3 is 0 Å². The smallest absolute Gasteiger partial charge is 0.194 e. The average Bonchev–Trinajstić information content (AvgIpc) is 2.26. The van der Waals surface area contributed by atoms with Crippen molar-refractivity contribution < 1.29 is 9.18 Å². The Hall–Kier alpha value is -1.48. The minimum absolute atomic E-state index is 0.103. The molecule has 0 aliphatic rings. The second-order valence-corrected chi connectivity index (χ2v) is 5.18. The molecule has 0 radical (unpaired) electrons. The molecule has 1 nitrogen and oxygen atoms in total. The van der Waals surface area contributed by atoms with E-state index in [-0.39, 0.29) is 11.6 Å². The Labute approximate surface area is 114 Å². The molecule has 18 heavy (non-hydrogen) atoms. The highest BCUT2D eigenvalue weighted by Crippen LogP contribution is 2.22. The highest BCUT2D eigenvalue weighted by Gasteiger charge is 2.13. The highest BCUT2D eigenvalue weighted by molar-refractivity contribution is 9.10. The molecule has 2 aromatic carbocycles. The third-order valence-corrected chi connectivity index (χ3v) is 3.32. The second-order valence-electron chi connectivity index (χ2n) is 4.33. The molecule has 0 fully saturated rings. The van der Waals surface area contributed by atoms with Crippen LogP contribution in [0.4, 0.5) is 4.39 Å². The van der Waals surface area contributed by atoms with Crippen molar-refractivity contribution in [2.75, 3.05) is 0 Å². The quantitative estimate of drug-likeness (QED) is 0.750. The molecule has 0 spiro atoms. The maximum absolute atomic E-state index is 13.0. The third-order valence-electron chi connectivity index (χ3n) is 2.66. The van der Waals surface area contributed by atoms with Gasteiger partial charge in [-0.1, -0.05) is 17.2 Å². The minimum Gasteiger partial charge on any atom is -0.289 e. The molecule has 3 heteroatoms. The van der Waals surface area contributed by atoms with E-state index in [1.54, 1.807) is 0 Å². The van der Waals surface area contributed by atoms with E-state index in [1.807, 2.05) is 32.0 Å². The molecule has 0 bridgehead atoms. The van der Waals surface area contributed by atoms with Gasteiger partial charge in [-0.3, -0.25) is 4.79 Å². The number of hydrogen-bond donors (Lipinski definition) is 0. The Morgan fingerprint density at radius 3 is 2.22 bits per heavy atom. The van der Waals surface area contributed by atoms with E-state index < -0.39 is 0 Å². The maximum Gasteiger partial charge on any atom is 0.194 e. The molecule has 0 aliphatic carbocycles. The van der Waals surface area contributed by atoms with Gasteiger partial charge in [0, 0.05) is 15.6 Å². The van der Waals surface area contributed by atoms with Gasteiger partial charge in [-0.25, -0.2) is 4.39 Å². The first kappa shape index (κ1) is 13.0. The Kier molecular flexibility index (Phi) is 3.62. The summed E-state index contributed by atoms with van der Waals surface area (Å²) in [6, 6.07) is 9.78. The molecule has 0 saturated carbocycles. The zero-order valence-electron chi connectivity index (χ0n) is 10.1. The number of aryl methyl sites for hydroxylation is 2. The van der Waals surface area contributed by atoms with Crippen molar-refractivity contribution in [3.05, 3.63) is 68.9 Å². The van der Waals surface area contributed by atoms with E-state index in [4.69, 9.17) is 0 Å². The monoisotopic (exact) mass is 306 g/mol. The highest BCUT2D eigenvalue weighted by atomic mass is 79.9. The molecule has 2 aromatic rings. The van der Waals surface area contributed by atoms with Gasteiger partial charge in [0.15, 0.2) is 5.78 Å². The van der Waals surface area contributed by atoms with Crippen molar-refractivity contribution in [1.82, 2.24) is 0 Å². The molecule has 2 rings (SSSR count). The number of halogens is 2. The minimum atomic E-state index is -0.362. The summed E-state index contributed by atoms with van der Waals surface area (Å²) in [5, 5.41) is 0. The zero-order chi connectivity index (χ0) is 13.3. The summed E-state index contributed by atoms with van der Waals surface area (Å²) in [5.74, 6) is -0.465. The Bertz CT molecular complexity index is 600. The van der Waals surface area contributed by atoms with E-state index in [0.29, 0.717) is 15.6 Å². The summed E-state index contributed by atoms with van der Waals surface area (Å²) >= 11 is 3.22. The van der Waals surface area contributed by atoms with Gasteiger partial charge in [0.25, 0.3) is 0 Å². The lowest BCUT2D eigenvalue weighted by atomic mass is 9.99. The van der Waals surface area contributed by atoms with Gasteiger partial charge < -0.3 is 0 Å². The number of rotatable bonds is 2. The molecular formula is C15H12BrFO. The lowest BCUT2D eigenvalue weighted by Crippen LogP contribution is -2.03. The molecule has 0 aliphatic heterocycles. The van der Waals surface area contributed by atoms with E-state index in [0.717, 1.165) is 11.1 Å². The summed E-state index contributed by atoms with van der Waals surface area (Å²) in [6.45, 7) is 3.90. The van der Waals surface area contributed by atoms with Crippen LogP contribution >= 0.6 is 15.9 Å². The van der Waals surface area contributed by atoms with Crippen LogP contribution in [-0.2, 0) is 0 Å². The molecule has 0 amide bonds. The molecular weight excluding hydrogens is 295 g/mol. The van der Waals surface area contributed by atoms with E-state index in [2.05, 4.69) is 15.9 Å². The Balaban J connectivity index is 2.47. The first-order valence-corrected chi connectivity index (χ1v) is 6.35. The van der Waals surface area contributed by atoms with Gasteiger partial charge in [-0.2, -0.15) is 0 Å². The summed E-state index contributed by atoms with van der Waals surface area (Å²) in [7, 11) is 0. The summed E-state index contributed by atoms with van der Waals surface area (Å²) in [6.07, 6.45) is 0. The predicted octanol–water partition coefficient (Wildman–Crippen LogP) is 4.44. The van der Waals surface area contributed by atoms with Gasteiger partial charge in [0.2, 0.25) is 0 Å². The molecule has 92 valence electrons. The first-order chi connectivity index (χ1) is 8.47. The van der Waals surface area contributed by atoms with E-state index in [9.17, 15) is 9.18 Å². The normalized spacial score (nSPS) is 10.4. The fourth-order valence-electron chi connectivity index (χ4n) is 1.93. The van der Waals surface area contributed by atoms with Crippen molar-refractivity contribution in [2.45, 2.75) is 13.8 Å². The SMILES string of the molecule is Cc1cc(C)cc(C(=O)c2ccc(F)cc2Br)c1. The van der Waals surface area contributed by atoms with Gasteiger partial charge in [0.1, 0.15) is 5.82 Å². The van der Waals surface area contributed by atoms with Crippen molar-refractivity contribution >= 4 is 21.7 Å². The zero-order valence-corrected chi connectivity index (χ0v) is 11.7. The number of carbonyl (C=O) groups is 1. The largest absolute Gasteiger partial charge is 0.289 e. The summed E-state index contributed by atoms with van der Waals surface area (Å²) < 4.78 is 13.5. The topological polar surface area (TPSA) is 17.1 Å². The Morgan fingerprint density at radius 1 is 1.06 bits per heavy atom. The van der Waals surface area contributed by atoms with Crippen LogP contribution < -0.4 is 0 Å².